The quantitative estimate of drug-likeness (QED) is 0.715. The number of piperazine rings is 1. The van der Waals surface area contributed by atoms with Gasteiger partial charge >= 0.3 is 0 Å². The minimum Gasteiger partial charge on any atom is -0.494 e. The van der Waals surface area contributed by atoms with Gasteiger partial charge in [-0.25, -0.2) is 0 Å². The highest BCUT2D eigenvalue weighted by Crippen LogP contribution is 2.21. The minimum atomic E-state index is -0.417. The molecule has 2 heterocycles. The highest BCUT2D eigenvalue weighted by atomic mass is 16.5. The molecule has 0 aliphatic carbocycles. The number of nitrogens with zero attached hydrogens (tertiary/aromatic N) is 2. The van der Waals surface area contributed by atoms with Gasteiger partial charge < -0.3 is 19.7 Å². The first-order valence-electron chi connectivity index (χ1n) is 10.6. The molecule has 0 aromatic heterocycles. The summed E-state index contributed by atoms with van der Waals surface area (Å²) in [6.07, 6.45) is 2.16. The second kappa shape index (κ2) is 10.6. The van der Waals surface area contributed by atoms with Gasteiger partial charge in [0.15, 0.2) is 0 Å². The fourth-order valence-electron chi connectivity index (χ4n) is 4.14. The van der Waals surface area contributed by atoms with E-state index in [4.69, 9.17) is 9.47 Å². The minimum absolute atomic E-state index is 0.0511. The van der Waals surface area contributed by atoms with Crippen molar-refractivity contribution in [3.05, 3.63) is 29.8 Å². The van der Waals surface area contributed by atoms with Crippen LogP contribution in [0.3, 0.4) is 0 Å². The molecule has 7 heteroatoms. The molecule has 0 radical (unpaired) electrons. The largest absolute Gasteiger partial charge is 0.494 e. The van der Waals surface area contributed by atoms with Crippen LogP contribution in [-0.2, 0) is 20.9 Å². The van der Waals surface area contributed by atoms with Gasteiger partial charge in [0.2, 0.25) is 11.8 Å². The lowest BCUT2D eigenvalue weighted by molar-refractivity contribution is -0.140. The van der Waals surface area contributed by atoms with E-state index in [9.17, 15) is 9.59 Å². The Kier molecular flexibility index (Phi) is 7.89. The van der Waals surface area contributed by atoms with Gasteiger partial charge in [0, 0.05) is 46.4 Å². The summed E-state index contributed by atoms with van der Waals surface area (Å²) in [5, 5.41) is 2.92. The molecule has 160 valence electrons. The van der Waals surface area contributed by atoms with E-state index in [0.29, 0.717) is 25.6 Å². The summed E-state index contributed by atoms with van der Waals surface area (Å²) in [6, 6.07) is 7.54. The first kappa shape index (κ1) is 21.6. The Morgan fingerprint density at radius 1 is 1.17 bits per heavy atom. The molecule has 2 saturated heterocycles. The van der Waals surface area contributed by atoms with Crippen molar-refractivity contribution in [1.82, 2.24) is 15.1 Å². The summed E-state index contributed by atoms with van der Waals surface area (Å²) in [7, 11) is 1.72. The molecule has 0 unspecified atom stereocenters. The zero-order chi connectivity index (χ0) is 20.6. The van der Waals surface area contributed by atoms with Gasteiger partial charge in [0.1, 0.15) is 5.75 Å². The lowest BCUT2D eigenvalue weighted by atomic mass is 9.97. The third kappa shape index (κ3) is 5.93. The number of amides is 2. The number of rotatable bonds is 8. The third-order valence-electron chi connectivity index (χ3n) is 5.80. The molecule has 2 amide bonds. The zero-order valence-electron chi connectivity index (χ0n) is 17.6. The summed E-state index contributed by atoms with van der Waals surface area (Å²) in [5.41, 5.74) is 1.11. The second-order valence-corrected chi connectivity index (χ2v) is 7.84. The topological polar surface area (TPSA) is 71.1 Å². The van der Waals surface area contributed by atoms with Crippen LogP contribution in [0.25, 0.3) is 0 Å². The molecule has 1 atom stereocenters. The number of hydrogen-bond acceptors (Lipinski definition) is 5. The molecule has 2 aliphatic rings. The zero-order valence-corrected chi connectivity index (χ0v) is 17.6. The van der Waals surface area contributed by atoms with E-state index in [2.05, 4.69) is 10.2 Å². The average molecular weight is 404 g/mol. The van der Waals surface area contributed by atoms with E-state index in [1.54, 1.807) is 7.11 Å². The predicted octanol–water partition coefficient (Wildman–Crippen LogP) is 1.66. The first-order chi connectivity index (χ1) is 14.1. The van der Waals surface area contributed by atoms with Crippen molar-refractivity contribution < 1.29 is 19.1 Å². The average Bonchev–Trinajstić information content (AvgIpc) is 2.73. The Morgan fingerprint density at radius 3 is 2.55 bits per heavy atom. The van der Waals surface area contributed by atoms with E-state index in [0.717, 1.165) is 50.4 Å². The van der Waals surface area contributed by atoms with Crippen molar-refractivity contribution >= 4 is 11.8 Å². The Labute approximate surface area is 173 Å². The Bertz CT molecular complexity index is 671. The maximum absolute atomic E-state index is 12.9. The molecular formula is C22H33N3O4. The van der Waals surface area contributed by atoms with Gasteiger partial charge in [-0.1, -0.05) is 12.1 Å². The van der Waals surface area contributed by atoms with Crippen molar-refractivity contribution in [2.75, 3.05) is 46.5 Å². The highest BCUT2D eigenvalue weighted by molar-refractivity contribution is 5.88. The number of likely N-dealkylation sites (tertiary alicyclic amines) is 1. The fraction of sp³-hybridized carbons (Fsp3) is 0.636. The molecule has 1 aromatic carbocycles. The molecule has 0 spiro atoms. The van der Waals surface area contributed by atoms with Crippen LogP contribution in [0.15, 0.2) is 24.3 Å². The van der Waals surface area contributed by atoms with Crippen molar-refractivity contribution in [3.8, 4) is 5.75 Å². The summed E-state index contributed by atoms with van der Waals surface area (Å²) < 4.78 is 10.7. The van der Waals surface area contributed by atoms with E-state index in [1.165, 1.54) is 0 Å². The van der Waals surface area contributed by atoms with Crippen LogP contribution in [-0.4, -0.2) is 74.2 Å². The summed E-state index contributed by atoms with van der Waals surface area (Å²) in [5.74, 6) is 1.39. The molecule has 0 bridgehead atoms. The molecule has 1 aromatic rings. The predicted molar refractivity (Wildman–Crippen MR) is 111 cm³/mol. The number of benzene rings is 1. The fourth-order valence-corrected chi connectivity index (χ4v) is 4.14. The molecule has 0 saturated carbocycles. The van der Waals surface area contributed by atoms with E-state index >= 15 is 0 Å². The second-order valence-electron chi connectivity index (χ2n) is 7.84. The lowest BCUT2D eigenvalue weighted by Gasteiger charge is -2.37. The number of ether oxygens (including phenoxy) is 2. The van der Waals surface area contributed by atoms with Crippen LogP contribution in [0.2, 0.25) is 0 Å². The summed E-state index contributed by atoms with van der Waals surface area (Å²) in [6.45, 7) is 6.85. The first-order valence-corrected chi connectivity index (χ1v) is 10.6. The van der Waals surface area contributed by atoms with Crippen LogP contribution in [0.5, 0.6) is 5.75 Å². The van der Waals surface area contributed by atoms with E-state index in [-0.39, 0.29) is 18.2 Å². The molecule has 2 aliphatic heterocycles. The standard InChI is InChI=1S/C22H33N3O4/c1-3-29-19-6-4-17(5-7-19)15-25-13-10-23-22(27)20(25)14-21(26)24-11-8-18(9-12-24)16-28-2/h4-7,18,20H,3,8-16H2,1-2H3,(H,23,27)/t20-/m0/s1. The Morgan fingerprint density at radius 2 is 1.90 bits per heavy atom. The van der Waals surface area contributed by atoms with Crippen LogP contribution < -0.4 is 10.1 Å². The van der Waals surface area contributed by atoms with Gasteiger partial charge in [0.25, 0.3) is 0 Å². The van der Waals surface area contributed by atoms with Gasteiger partial charge in [-0.05, 0) is 43.4 Å². The number of carbonyl (C=O) groups excluding carboxylic acids is 2. The lowest BCUT2D eigenvalue weighted by Crippen LogP contribution is -2.56. The molecular weight excluding hydrogens is 370 g/mol. The van der Waals surface area contributed by atoms with Crippen LogP contribution >= 0.6 is 0 Å². The van der Waals surface area contributed by atoms with E-state index in [1.807, 2.05) is 36.1 Å². The van der Waals surface area contributed by atoms with Gasteiger partial charge in [-0.15, -0.1) is 0 Å². The third-order valence-corrected chi connectivity index (χ3v) is 5.80. The number of carbonyl (C=O) groups is 2. The maximum atomic E-state index is 12.9. The van der Waals surface area contributed by atoms with Crippen LogP contribution in [0.4, 0.5) is 0 Å². The molecule has 3 rings (SSSR count). The SMILES string of the molecule is CCOc1ccc(CN2CCNC(=O)[C@@H]2CC(=O)N2CCC(COC)CC2)cc1. The number of hydrogen-bond donors (Lipinski definition) is 1. The van der Waals surface area contributed by atoms with Crippen molar-refractivity contribution in [1.29, 1.82) is 0 Å². The van der Waals surface area contributed by atoms with Gasteiger partial charge in [0.05, 0.1) is 19.1 Å². The van der Waals surface area contributed by atoms with E-state index < -0.39 is 6.04 Å². The molecule has 7 nitrogen and oxygen atoms in total. The Balaban J connectivity index is 1.58. The van der Waals surface area contributed by atoms with Crippen LogP contribution in [0, 0.1) is 5.92 Å². The van der Waals surface area contributed by atoms with Crippen LogP contribution in [0.1, 0.15) is 31.7 Å². The summed E-state index contributed by atoms with van der Waals surface area (Å²) in [4.78, 5) is 29.4. The molecule has 2 fully saturated rings. The van der Waals surface area contributed by atoms with Crippen molar-refractivity contribution in [2.24, 2.45) is 5.92 Å². The van der Waals surface area contributed by atoms with Crippen molar-refractivity contribution in [3.63, 3.8) is 0 Å². The van der Waals surface area contributed by atoms with Gasteiger partial charge in [-0.2, -0.15) is 0 Å². The molecule has 29 heavy (non-hydrogen) atoms. The maximum Gasteiger partial charge on any atom is 0.237 e. The normalized spacial score (nSPS) is 21.1. The Hall–Kier alpha value is -2.12. The summed E-state index contributed by atoms with van der Waals surface area (Å²) >= 11 is 0. The van der Waals surface area contributed by atoms with Gasteiger partial charge in [-0.3, -0.25) is 14.5 Å². The van der Waals surface area contributed by atoms with Crippen molar-refractivity contribution in [2.45, 2.75) is 38.8 Å². The molecule has 1 N–H and O–H groups in total. The number of methoxy groups -OCH3 is 1. The monoisotopic (exact) mass is 403 g/mol. The number of piperidine rings is 1. The highest BCUT2D eigenvalue weighted by Gasteiger charge is 2.33. The number of nitrogens with one attached hydrogen (secondary N) is 1. The smallest absolute Gasteiger partial charge is 0.237 e.